The topological polar surface area (TPSA) is 63.4 Å². The van der Waals surface area contributed by atoms with E-state index in [-0.39, 0.29) is 23.3 Å². The van der Waals surface area contributed by atoms with Crippen LogP contribution in [-0.2, 0) is 10.0 Å². The number of nitrogens with two attached hydrogens (primary N) is 1. The van der Waals surface area contributed by atoms with Gasteiger partial charge in [0.1, 0.15) is 5.82 Å². The minimum Gasteiger partial charge on any atom is -0.329 e. The second-order valence-corrected chi connectivity index (χ2v) is 6.47. The zero-order valence-corrected chi connectivity index (χ0v) is 11.9. The van der Waals surface area contributed by atoms with Crippen LogP contribution in [0.5, 0.6) is 0 Å². The molecule has 4 nitrogen and oxygen atoms in total. The summed E-state index contributed by atoms with van der Waals surface area (Å²) in [5.41, 5.74) is 6.11. The maximum absolute atomic E-state index is 13.5. The van der Waals surface area contributed by atoms with Gasteiger partial charge >= 0.3 is 0 Å². The molecule has 0 amide bonds. The molecule has 1 aromatic rings. The van der Waals surface area contributed by atoms with E-state index in [2.05, 4.69) is 0 Å². The number of aryl methyl sites for hydroxylation is 2. The van der Waals surface area contributed by atoms with Crippen LogP contribution in [0.3, 0.4) is 0 Å². The van der Waals surface area contributed by atoms with Crippen LogP contribution in [-0.4, -0.2) is 32.4 Å². The smallest absolute Gasteiger partial charge is 0.243 e. The molecule has 102 valence electrons. The van der Waals surface area contributed by atoms with Gasteiger partial charge in [-0.3, -0.25) is 0 Å². The number of hydrogen-bond donors (Lipinski definition) is 1. The van der Waals surface area contributed by atoms with Crippen molar-refractivity contribution in [1.82, 2.24) is 4.31 Å². The van der Waals surface area contributed by atoms with Crippen LogP contribution < -0.4 is 5.73 Å². The van der Waals surface area contributed by atoms with Gasteiger partial charge in [-0.25, -0.2) is 12.8 Å². The molecule has 0 heterocycles. The van der Waals surface area contributed by atoms with Crippen molar-refractivity contribution in [2.45, 2.75) is 31.7 Å². The fourth-order valence-electron chi connectivity index (χ4n) is 1.61. The Kier molecular flexibility index (Phi) is 4.47. The maximum atomic E-state index is 13.5. The first-order valence-corrected chi connectivity index (χ1v) is 7.10. The molecule has 1 aromatic carbocycles. The van der Waals surface area contributed by atoms with Gasteiger partial charge in [-0.05, 0) is 44.0 Å². The number of likely N-dealkylation sites (N-methyl/N-ethyl adjacent to an activating group) is 1. The molecule has 0 saturated heterocycles. The highest BCUT2D eigenvalue weighted by molar-refractivity contribution is 7.89. The zero-order valence-electron chi connectivity index (χ0n) is 11.1. The second-order valence-electron chi connectivity index (χ2n) is 4.48. The first kappa shape index (κ1) is 15.1. The maximum Gasteiger partial charge on any atom is 0.243 e. The predicted octanol–water partition coefficient (Wildman–Crippen LogP) is 1.41. The Morgan fingerprint density at radius 3 is 2.17 bits per heavy atom. The Hall–Kier alpha value is -0.980. The Morgan fingerprint density at radius 1 is 1.33 bits per heavy atom. The van der Waals surface area contributed by atoms with E-state index in [1.807, 2.05) is 0 Å². The van der Waals surface area contributed by atoms with Crippen LogP contribution in [0.4, 0.5) is 4.39 Å². The van der Waals surface area contributed by atoms with Gasteiger partial charge in [0, 0.05) is 19.6 Å². The highest BCUT2D eigenvalue weighted by Gasteiger charge is 2.25. The summed E-state index contributed by atoms with van der Waals surface area (Å²) in [5, 5.41) is 0. The van der Waals surface area contributed by atoms with Gasteiger partial charge < -0.3 is 5.73 Å². The first-order chi connectivity index (χ1) is 8.21. The van der Waals surface area contributed by atoms with E-state index in [1.54, 1.807) is 20.8 Å². The second kappa shape index (κ2) is 5.34. The summed E-state index contributed by atoms with van der Waals surface area (Å²) in [6.45, 7) is 5.05. The summed E-state index contributed by atoms with van der Waals surface area (Å²) in [6, 6.07) is 2.38. The third-order valence-electron chi connectivity index (χ3n) is 3.05. The van der Waals surface area contributed by atoms with Gasteiger partial charge in [0.2, 0.25) is 10.0 Å². The summed E-state index contributed by atoms with van der Waals surface area (Å²) in [6.07, 6.45) is 0. The summed E-state index contributed by atoms with van der Waals surface area (Å²) in [4.78, 5) is 0.0988. The van der Waals surface area contributed by atoms with Crippen LogP contribution >= 0.6 is 0 Å². The van der Waals surface area contributed by atoms with Crippen molar-refractivity contribution in [3.63, 3.8) is 0 Å². The summed E-state index contributed by atoms with van der Waals surface area (Å²) >= 11 is 0. The van der Waals surface area contributed by atoms with E-state index in [0.29, 0.717) is 11.1 Å². The molecule has 0 aliphatic heterocycles. The number of rotatable bonds is 4. The average Bonchev–Trinajstić information content (AvgIpc) is 2.33. The number of halogens is 1. The lowest BCUT2D eigenvalue weighted by Crippen LogP contribution is -2.39. The SMILES string of the molecule is Cc1cc(S(=O)(=O)N(C)C(C)CN)cc(C)c1F. The Morgan fingerprint density at radius 2 is 1.78 bits per heavy atom. The average molecular weight is 274 g/mol. The predicted molar refractivity (Wildman–Crippen MR) is 69.3 cm³/mol. The fourth-order valence-corrected chi connectivity index (χ4v) is 3.15. The van der Waals surface area contributed by atoms with Crippen molar-refractivity contribution in [3.8, 4) is 0 Å². The van der Waals surface area contributed by atoms with Crippen molar-refractivity contribution in [3.05, 3.63) is 29.1 Å². The van der Waals surface area contributed by atoms with E-state index >= 15 is 0 Å². The van der Waals surface area contributed by atoms with Gasteiger partial charge in [0.25, 0.3) is 0 Å². The molecule has 1 unspecified atom stereocenters. The molecule has 0 fully saturated rings. The standard InChI is InChI=1S/C12H19FN2O2S/c1-8-5-11(6-9(2)12(8)13)18(16,17)15(4)10(3)7-14/h5-6,10H,7,14H2,1-4H3. The van der Waals surface area contributed by atoms with Crippen molar-refractivity contribution < 1.29 is 12.8 Å². The van der Waals surface area contributed by atoms with E-state index in [1.165, 1.54) is 23.5 Å². The van der Waals surface area contributed by atoms with E-state index < -0.39 is 10.0 Å². The minimum absolute atomic E-state index is 0.0988. The first-order valence-electron chi connectivity index (χ1n) is 5.66. The van der Waals surface area contributed by atoms with Gasteiger partial charge in [-0.15, -0.1) is 0 Å². The zero-order chi connectivity index (χ0) is 14.1. The largest absolute Gasteiger partial charge is 0.329 e. The summed E-state index contributed by atoms with van der Waals surface area (Å²) < 4.78 is 39.3. The lowest BCUT2D eigenvalue weighted by molar-refractivity contribution is 0.394. The van der Waals surface area contributed by atoms with E-state index in [9.17, 15) is 12.8 Å². The molecule has 1 atom stereocenters. The molecule has 0 aromatic heterocycles. The molecule has 6 heteroatoms. The summed E-state index contributed by atoms with van der Waals surface area (Å²) in [5.74, 6) is -0.372. The van der Waals surface area contributed by atoms with Gasteiger partial charge in [-0.2, -0.15) is 4.31 Å². The van der Waals surface area contributed by atoms with Crippen molar-refractivity contribution in [1.29, 1.82) is 0 Å². The Balaban J connectivity index is 3.29. The molecule has 0 aliphatic rings. The van der Waals surface area contributed by atoms with Crippen LogP contribution in [0, 0.1) is 19.7 Å². The number of benzene rings is 1. The van der Waals surface area contributed by atoms with Crippen molar-refractivity contribution >= 4 is 10.0 Å². The van der Waals surface area contributed by atoms with Crippen molar-refractivity contribution in [2.75, 3.05) is 13.6 Å². The third-order valence-corrected chi connectivity index (χ3v) is 5.00. The monoisotopic (exact) mass is 274 g/mol. The molecule has 2 N–H and O–H groups in total. The third kappa shape index (κ3) is 2.71. The molecule has 1 rings (SSSR count). The molecular formula is C12H19FN2O2S. The highest BCUT2D eigenvalue weighted by atomic mass is 32.2. The van der Waals surface area contributed by atoms with E-state index in [4.69, 9.17) is 5.73 Å². The number of nitrogens with zero attached hydrogens (tertiary/aromatic N) is 1. The van der Waals surface area contributed by atoms with Crippen LogP contribution in [0.2, 0.25) is 0 Å². The molecule has 18 heavy (non-hydrogen) atoms. The minimum atomic E-state index is -3.63. The Labute approximate surface area is 108 Å². The fraction of sp³-hybridized carbons (Fsp3) is 0.500. The number of sulfonamides is 1. The quantitative estimate of drug-likeness (QED) is 0.903. The molecule has 0 spiro atoms. The normalized spacial score (nSPS) is 13.9. The van der Waals surface area contributed by atoms with Crippen LogP contribution in [0.15, 0.2) is 17.0 Å². The summed E-state index contributed by atoms with van der Waals surface area (Å²) in [7, 11) is -2.15. The highest BCUT2D eigenvalue weighted by Crippen LogP contribution is 2.22. The van der Waals surface area contributed by atoms with E-state index in [0.717, 1.165) is 0 Å². The molecular weight excluding hydrogens is 255 g/mol. The van der Waals surface area contributed by atoms with Gasteiger partial charge in [0.15, 0.2) is 0 Å². The Bertz CT molecular complexity index is 520. The lowest BCUT2D eigenvalue weighted by atomic mass is 10.1. The van der Waals surface area contributed by atoms with Crippen LogP contribution in [0.25, 0.3) is 0 Å². The lowest BCUT2D eigenvalue weighted by Gasteiger charge is -2.23. The van der Waals surface area contributed by atoms with Gasteiger partial charge in [0.05, 0.1) is 4.90 Å². The number of hydrogen-bond acceptors (Lipinski definition) is 3. The molecule has 0 bridgehead atoms. The van der Waals surface area contributed by atoms with Gasteiger partial charge in [-0.1, -0.05) is 0 Å². The van der Waals surface area contributed by atoms with Crippen LogP contribution in [0.1, 0.15) is 18.1 Å². The molecule has 0 saturated carbocycles. The molecule has 0 radical (unpaired) electrons. The molecule has 0 aliphatic carbocycles. The van der Waals surface area contributed by atoms with Crippen molar-refractivity contribution in [2.24, 2.45) is 5.73 Å².